The normalized spacial score (nSPS) is 47.5. The molecule has 2 aliphatic rings. The molecule has 12 heavy (non-hydrogen) atoms. The van der Waals surface area contributed by atoms with Gasteiger partial charge in [0.05, 0.1) is 0 Å². The molecule has 2 saturated carbocycles. The number of nitrogens with one attached hydrogen (secondary N) is 1. The second-order valence-corrected chi connectivity index (χ2v) is 4.71. The van der Waals surface area contributed by atoms with Crippen LogP contribution in [0.3, 0.4) is 0 Å². The van der Waals surface area contributed by atoms with Crippen molar-refractivity contribution in [2.24, 2.45) is 11.7 Å². The highest BCUT2D eigenvalue weighted by Gasteiger charge is 2.30. The molecule has 2 fully saturated rings. The fourth-order valence-corrected chi connectivity index (χ4v) is 2.49. The van der Waals surface area contributed by atoms with Crippen LogP contribution in [0.5, 0.6) is 0 Å². The predicted molar refractivity (Wildman–Crippen MR) is 50.9 cm³/mol. The van der Waals surface area contributed by atoms with Crippen molar-refractivity contribution < 1.29 is 0 Å². The van der Waals surface area contributed by atoms with Gasteiger partial charge in [-0.2, -0.15) is 0 Å². The average Bonchev–Trinajstić information content (AvgIpc) is 2.33. The summed E-state index contributed by atoms with van der Waals surface area (Å²) in [6.45, 7) is 2.36. The molecule has 3 N–H and O–H groups in total. The van der Waals surface area contributed by atoms with E-state index < -0.39 is 0 Å². The Bertz CT molecular complexity index is 152. The molecule has 0 aliphatic heterocycles. The van der Waals surface area contributed by atoms with E-state index in [1.165, 1.54) is 32.1 Å². The van der Waals surface area contributed by atoms with Crippen LogP contribution in [0.15, 0.2) is 0 Å². The lowest BCUT2D eigenvalue weighted by molar-refractivity contribution is 0.265. The van der Waals surface area contributed by atoms with E-state index in [9.17, 15) is 0 Å². The molecule has 0 heterocycles. The zero-order valence-corrected chi connectivity index (χ0v) is 7.92. The maximum absolute atomic E-state index is 5.73. The van der Waals surface area contributed by atoms with Crippen LogP contribution in [0.2, 0.25) is 0 Å². The van der Waals surface area contributed by atoms with Crippen molar-refractivity contribution >= 4 is 0 Å². The SMILES string of the molecule is CC1CCC(NC2CC(N)C2)C1. The van der Waals surface area contributed by atoms with Gasteiger partial charge in [-0.05, 0) is 38.0 Å². The van der Waals surface area contributed by atoms with Crippen LogP contribution < -0.4 is 11.1 Å². The summed E-state index contributed by atoms with van der Waals surface area (Å²) in [5.74, 6) is 0.941. The van der Waals surface area contributed by atoms with Crippen LogP contribution in [0.4, 0.5) is 0 Å². The first-order valence-electron chi connectivity index (χ1n) is 5.25. The molecule has 2 heteroatoms. The Morgan fingerprint density at radius 3 is 2.33 bits per heavy atom. The largest absolute Gasteiger partial charge is 0.328 e. The first-order valence-corrected chi connectivity index (χ1v) is 5.25. The van der Waals surface area contributed by atoms with Gasteiger partial charge in [0.1, 0.15) is 0 Å². The molecule has 0 bridgehead atoms. The summed E-state index contributed by atoms with van der Waals surface area (Å²) in [4.78, 5) is 0. The molecule has 0 amide bonds. The highest BCUT2D eigenvalue weighted by Crippen LogP contribution is 2.27. The molecule has 0 radical (unpaired) electrons. The molecule has 0 aromatic rings. The van der Waals surface area contributed by atoms with Crippen molar-refractivity contribution in [2.45, 2.75) is 57.2 Å². The molecule has 2 nitrogen and oxygen atoms in total. The van der Waals surface area contributed by atoms with Gasteiger partial charge in [0, 0.05) is 18.1 Å². The fraction of sp³-hybridized carbons (Fsp3) is 1.00. The first-order chi connectivity index (χ1) is 5.74. The third-order valence-corrected chi connectivity index (χ3v) is 3.34. The summed E-state index contributed by atoms with van der Waals surface area (Å²) >= 11 is 0. The Kier molecular flexibility index (Phi) is 2.37. The van der Waals surface area contributed by atoms with Gasteiger partial charge < -0.3 is 11.1 Å². The monoisotopic (exact) mass is 168 g/mol. The van der Waals surface area contributed by atoms with Crippen molar-refractivity contribution in [1.82, 2.24) is 5.32 Å². The first kappa shape index (κ1) is 8.52. The van der Waals surface area contributed by atoms with Gasteiger partial charge in [0.2, 0.25) is 0 Å². The van der Waals surface area contributed by atoms with Crippen molar-refractivity contribution in [3.8, 4) is 0 Å². The quantitative estimate of drug-likeness (QED) is 0.651. The maximum atomic E-state index is 5.73. The maximum Gasteiger partial charge on any atom is 0.00991 e. The lowest BCUT2D eigenvalue weighted by atomic mass is 9.87. The molecule has 70 valence electrons. The van der Waals surface area contributed by atoms with Crippen molar-refractivity contribution in [3.63, 3.8) is 0 Å². The minimum absolute atomic E-state index is 0.487. The van der Waals surface area contributed by atoms with Gasteiger partial charge in [-0.3, -0.25) is 0 Å². The van der Waals surface area contributed by atoms with E-state index in [2.05, 4.69) is 12.2 Å². The van der Waals surface area contributed by atoms with Crippen LogP contribution in [0, 0.1) is 5.92 Å². The molecule has 2 unspecified atom stereocenters. The second-order valence-electron chi connectivity index (χ2n) is 4.71. The summed E-state index contributed by atoms with van der Waals surface area (Å²) < 4.78 is 0. The van der Waals surface area contributed by atoms with Crippen molar-refractivity contribution in [2.75, 3.05) is 0 Å². The van der Waals surface area contributed by atoms with Gasteiger partial charge in [0.25, 0.3) is 0 Å². The third-order valence-electron chi connectivity index (χ3n) is 3.34. The van der Waals surface area contributed by atoms with Crippen LogP contribution in [-0.2, 0) is 0 Å². The Morgan fingerprint density at radius 1 is 1.08 bits per heavy atom. The van der Waals surface area contributed by atoms with Crippen molar-refractivity contribution in [3.05, 3.63) is 0 Å². The molecule has 2 aliphatic carbocycles. The fourth-order valence-electron chi connectivity index (χ4n) is 2.49. The van der Waals surface area contributed by atoms with Crippen LogP contribution in [0.25, 0.3) is 0 Å². The average molecular weight is 168 g/mol. The molecular formula is C10H20N2. The van der Waals surface area contributed by atoms with Gasteiger partial charge in [0.15, 0.2) is 0 Å². The Labute approximate surface area is 74.9 Å². The molecular weight excluding hydrogens is 148 g/mol. The van der Waals surface area contributed by atoms with Crippen molar-refractivity contribution in [1.29, 1.82) is 0 Å². The zero-order valence-electron chi connectivity index (χ0n) is 7.92. The van der Waals surface area contributed by atoms with E-state index >= 15 is 0 Å². The summed E-state index contributed by atoms with van der Waals surface area (Å²) in [7, 11) is 0. The summed E-state index contributed by atoms with van der Waals surface area (Å²) in [5.41, 5.74) is 5.73. The smallest absolute Gasteiger partial charge is 0.00991 e. The van der Waals surface area contributed by atoms with Gasteiger partial charge >= 0.3 is 0 Å². The van der Waals surface area contributed by atoms with E-state index in [0.29, 0.717) is 6.04 Å². The van der Waals surface area contributed by atoms with Gasteiger partial charge in [-0.15, -0.1) is 0 Å². The van der Waals surface area contributed by atoms with E-state index in [4.69, 9.17) is 5.73 Å². The van der Waals surface area contributed by atoms with Crippen LogP contribution >= 0.6 is 0 Å². The number of nitrogens with two attached hydrogens (primary N) is 1. The second kappa shape index (κ2) is 3.35. The minimum atomic E-state index is 0.487. The highest BCUT2D eigenvalue weighted by atomic mass is 15.0. The van der Waals surface area contributed by atoms with E-state index in [1.807, 2.05) is 0 Å². The molecule has 2 atom stereocenters. The molecule has 0 spiro atoms. The Hall–Kier alpha value is -0.0800. The topological polar surface area (TPSA) is 38.0 Å². The summed E-state index contributed by atoms with van der Waals surface area (Å²) in [6.07, 6.45) is 6.57. The lowest BCUT2D eigenvalue weighted by Crippen LogP contribution is -2.51. The summed E-state index contributed by atoms with van der Waals surface area (Å²) in [5, 5.41) is 3.70. The minimum Gasteiger partial charge on any atom is -0.328 e. The predicted octanol–water partition coefficient (Wildman–Crippen LogP) is 1.25. The Morgan fingerprint density at radius 2 is 1.83 bits per heavy atom. The van der Waals surface area contributed by atoms with E-state index in [-0.39, 0.29) is 0 Å². The third kappa shape index (κ3) is 1.80. The highest BCUT2D eigenvalue weighted by molar-refractivity contribution is 4.91. The molecule has 2 rings (SSSR count). The molecule has 0 saturated heterocycles. The number of hydrogen-bond acceptors (Lipinski definition) is 2. The van der Waals surface area contributed by atoms with Gasteiger partial charge in [-0.1, -0.05) is 6.92 Å². The van der Waals surface area contributed by atoms with Gasteiger partial charge in [-0.25, -0.2) is 0 Å². The Balaban J connectivity index is 1.67. The van der Waals surface area contributed by atoms with Crippen LogP contribution in [0.1, 0.15) is 39.0 Å². The van der Waals surface area contributed by atoms with Crippen LogP contribution in [-0.4, -0.2) is 18.1 Å². The molecule has 0 aromatic carbocycles. The number of rotatable bonds is 2. The zero-order chi connectivity index (χ0) is 8.55. The lowest BCUT2D eigenvalue weighted by Gasteiger charge is -2.35. The standard InChI is InChI=1S/C10H20N2/c1-7-2-3-9(4-7)12-10-5-8(11)6-10/h7-10,12H,2-6,11H2,1H3. The van der Waals surface area contributed by atoms with E-state index in [1.54, 1.807) is 0 Å². The molecule has 0 aromatic heterocycles. The van der Waals surface area contributed by atoms with E-state index in [0.717, 1.165) is 18.0 Å². The summed E-state index contributed by atoms with van der Waals surface area (Å²) in [6, 6.07) is 2.04. The number of hydrogen-bond donors (Lipinski definition) is 2.